The molecule has 2 N–H and O–H groups in total. The molecule has 2 atom stereocenters. The molecular formula is C18H26N2O3. The van der Waals surface area contributed by atoms with Crippen LogP contribution in [0.15, 0.2) is 24.3 Å². The minimum Gasteiger partial charge on any atom is -0.480 e. The van der Waals surface area contributed by atoms with Gasteiger partial charge in [0.15, 0.2) is 0 Å². The summed E-state index contributed by atoms with van der Waals surface area (Å²) in [4.78, 5) is 25.4. The highest BCUT2D eigenvalue weighted by Crippen LogP contribution is 2.33. The highest BCUT2D eigenvalue weighted by molar-refractivity contribution is 5.80. The number of amides is 1. The van der Waals surface area contributed by atoms with E-state index in [1.165, 1.54) is 11.1 Å². The van der Waals surface area contributed by atoms with Gasteiger partial charge in [-0.1, -0.05) is 37.6 Å². The quantitative estimate of drug-likeness (QED) is 0.810. The SMILES string of the molecule is CCCC(NCC(=O)N(C)C1CCCc2ccccc21)C(=O)O. The maximum Gasteiger partial charge on any atom is 0.320 e. The van der Waals surface area contributed by atoms with Gasteiger partial charge in [0.05, 0.1) is 12.6 Å². The molecule has 5 heteroatoms. The van der Waals surface area contributed by atoms with Crippen LogP contribution in [0.1, 0.15) is 49.8 Å². The monoisotopic (exact) mass is 318 g/mol. The third kappa shape index (κ3) is 4.32. The lowest BCUT2D eigenvalue weighted by molar-refractivity contribution is -0.140. The number of benzene rings is 1. The maximum atomic E-state index is 12.5. The van der Waals surface area contributed by atoms with Crippen LogP contribution >= 0.6 is 0 Å². The summed E-state index contributed by atoms with van der Waals surface area (Å²) in [6.07, 6.45) is 4.38. The van der Waals surface area contributed by atoms with Crippen LogP contribution in [0.25, 0.3) is 0 Å². The van der Waals surface area contributed by atoms with Crippen molar-refractivity contribution in [3.8, 4) is 0 Å². The summed E-state index contributed by atoms with van der Waals surface area (Å²) in [5.41, 5.74) is 2.53. The van der Waals surface area contributed by atoms with Crippen LogP contribution in [0.5, 0.6) is 0 Å². The van der Waals surface area contributed by atoms with Crippen molar-refractivity contribution >= 4 is 11.9 Å². The van der Waals surface area contributed by atoms with Crippen molar-refractivity contribution in [1.82, 2.24) is 10.2 Å². The standard InChI is InChI=1S/C18H26N2O3/c1-3-7-15(18(22)23)19-12-17(21)20(2)16-11-6-9-13-8-4-5-10-14(13)16/h4-5,8,10,15-16,19H,3,6-7,9,11-12H2,1-2H3,(H,22,23). The number of nitrogens with zero attached hydrogens (tertiary/aromatic N) is 1. The molecule has 2 rings (SSSR count). The third-order valence-electron chi connectivity index (χ3n) is 4.57. The first-order valence-corrected chi connectivity index (χ1v) is 8.34. The molecule has 0 spiro atoms. The van der Waals surface area contributed by atoms with Gasteiger partial charge in [0, 0.05) is 7.05 Å². The van der Waals surface area contributed by atoms with Crippen molar-refractivity contribution in [2.75, 3.05) is 13.6 Å². The molecule has 0 saturated carbocycles. The number of hydrogen-bond acceptors (Lipinski definition) is 3. The second-order valence-electron chi connectivity index (χ2n) is 6.17. The molecule has 1 aromatic carbocycles. The molecule has 0 bridgehead atoms. The van der Waals surface area contributed by atoms with E-state index in [-0.39, 0.29) is 18.5 Å². The average molecular weight is 318 g/mol. The summed E-state index contributed by atoms with van der Waals surface area (Å²) in [6, 6.07) is 7.69. The Morgan fingerprint density at radius 1 is 1.39 bits per heavy atom. The first-order chi connectivity index (χ1) is 11.0. The van der Waals surface area contributed by atoms with Crippen molar-refractivity contribution in [2.24, 2.45) is 0 Å². The largest absolute Gasteiger partial charge is 0.480 e. The number of likely N-dealkylation sites (N-methyl/N-ethyl adjacent to an activating group) is 1. The van der Waals surface area contributed by atoms with Gasteiger partial charge in [-0.25, -0.2) is 0 Å². The normalized spacial score (nSPS) is 18.1. The zero-order chi connectivity index (χ0) is 16.8. The van der Waals surface area contributed by atoms with E-state index >= 15 is 0 Å². The lowest BCUT2D eigenvalue weighted by atomic mass is 9.87. The molecular weight excluding hydrogens is 292 g/mol. The van der Waals surface area contributed by atoms with E-state index in [0.717, 1.165) is 25.7 Å². The molecule has 1 aliphatic rings. The van der Waals surface area contributed by atoms with Gasteiger partial charge in [-0.05, 0) is 36.8 Å². The molecule has 1 amide bonds. The minimum atomic E-state index is -0.898. The summed E-state index contributed by atoms with van der Waals surface area (Å²) in [5.74, 6) is -0.959. The highest BCUT2D eigenvalue weighted by Gasteiger charge is 2.27. The Kier molecular flexibility index (Phi) is 6.16. The Bertz CT molecular complexity index is 559. The molecule has 1 aromatic rings. The molecule has 0 heterocycles. The van der Waals surface area contributed by atoms with Gasteiger partial charge in [-0.15, -0.1) is 0 Å². The van der Waals surface area contributed by atoms with Crippen LogP contribution in [0.2, 0.25) is 0 Å². The first-order valence-electron chi connectivity index (χ1n) is 8.34. The fourth-order valence-corrected chi connectivity index (χ4v) is 3.24. The summed E-state index contributed by atoms with van der Waals surface area (Å²) < 4.78 is 0. The van der Waals surface area contributed by atoms with Gasteiger partial charge in [-0.3, -0.25) is 14.9 Å². The van der Waals surface area contributed by atoms with Crippen molar-refractivity contribution < 1.29 is 14.7 Å². The fraction of sp³-hybridized carbons (Fsp3) is 0.556. The predicted molar refractivity (Wildman–Crippen MR) is 89.2 cm³/mol. The van der Waals surface area contributed by atoms with E-state index < -0.39 is 12.0 Å². The van der Waals surface area contributed by atoms with Gasteiger partial charge < -0.3 is 10.0 Å². The minimum absolute atomic E-state index is 0.0611. The summed E-state index contributed by atoms with van der Waals surface area (Å²) in [7, 11) is 1.81. The second kappa shape index (κ2) is 8.11. The molecule has 0 radical (unpaired) electrons. The van der Waals surface area contributed by atoms with Crippen molar-refractivity contribution in [3.63, 3.8) is 0 Å². The van der Waals surface area contributed by atoms with Crippen LogP contribution in [0.3, 0.4) is 0 Å². The van der Waals surface area contributed by atoms with Gasteiger partial charge >= 0.3 is 5.97 Å². The van der Waals surface area contributed by atoms with Crippen LogP contribution in [0, 0.1) is 0 Å². The van der Waals surface area contributed by atoms with Gasteiger partial charge in [0.1, 0.15) is 6.04 Å². The van der Waals surface area contributed by atoms with E-state index in [2.05, 4.69) is 17.4 Å². The van der Waals surface area contributed by atoms with Crippen LogP contribution in [-0.4, -0.2) is 41.5 Å². The van der Waals surface area contributed by atoms with Crippen LogP contribution in [-0.2, 0) is 16.0 Å². The topological polar surface area (TPSA) is 69.6 Å². The Hall–Kier alpha value is -1.88. The average Bonchev–Trinajstić information content (AvgIpc) is 2.56. The molecule has 23 heavy (non-hydrogen) atoms. The van der Waals surface area contributed by atoms with Crippen LogP contribution < -0.4 is 5.32 Å². The zero-order valence-corrected chi connectivity index (χ0v) is 13.9. The van der Waals surface area contributed by atoms with Gasteiger partial charge in [-0.2, -0.15) is 0 Å². The Labute approximate surface area is 137 Å². The number of aryl methyl sites for hydroxylation is 1. The molecule has 126 valence electrons. The second-order valence-corrected chi connectivity index (χ2v) is 6.17. The molecule has 0 aromatic heterocycles. The number of nitrogens with one attached hydrogen (secondary N) is 1. The molecule has 5 nitrogen and oxygen atoms in total. The van der Waals surface area contributed by atoms with E-state index in [4.69, 9.17) is 5.11 Å². The number of aliphatic carboxylic acids is 1. The Morgan fingerprint density at radius 3 is 2.83 bits per heavy atom. The smallest absolute Gasteiger partial charge is 0.320 e. The van der Waals surface area contributed by atoms with E-state index in [0.29, 0.717) is 6.42 Å². The number of carbonyl (C=O) groups excluding carboxylic acids is 1. The lowest BCUT2D eigenvalue weighted by Gasteiger charge is -2.33. The summed E-state index contributed by atoms with van der Waals surface area (Å²) >= 11 is 0. The number of carboxylic acids is 1. The van der Waals surface area contributed by atoms with Crippen molar-refractivity contribution in [1.29, 1.82) is 0 Å². The van der Waals surface area contributed by atoms with E-state index in [1.54, 1.807) is 4.90 Å². The number of hydrogen-bond donors (Lipinski definition) is 2. The Balaban J connectivity index is 1.99. The summed E-state index contributed by atoms with van der Waals surface area (Å²) in [6.45, 7) is 2.00. The zero-order valence-electron chi connectivity index (χ0n) is 13.9. The fourth-order valence-electron chi connectivity index (χ4n) is 3.24. The molecule has 1 aliphatic carbocycles. The first kappa shape index (κ1) is 17.5. The number of carboxylic acid groups (broad SMARTS) is 1. The maximum absolute atomic E-state index is 12.5. The predicted octanol–water partition coefficient (Wildman–Crippen LogP) is 2.37. The molecule has 2 unspecified atom stereocenters. The number of fused-ring (bicyclic) bond motifs is 1. The number of rotatable bonds is 7. The third-order valence-corrected chi connectivity index (χ3v) is 4.57. The molecule has 0 aliphatic heterocycles. The van der Waals surface area contributed by atoms with E-state index in [1.807, 2.05) is 26.1 Å². The van der Waals surface area contributed by atoms with Gasteiger partial charge in [0.25, 0.3) is 0 Å². The Morgan fingerprint density at radius 2 is 2.13 bits per heavy atom. The molecule has 0 saturated heterocycles. The summed E-state index contributed by atoms with van der Waals surface area (Å²) in [5, 5.41) is 12.0. The highest BCUT2D eigenvalue weighted by atomic mass is 16.4. The van der Waals surface area contributed by atoms with Crippen molar-refractivity contribution in [3.05, 3.63) is 35.4 Å². The van der Waals surface area contributed by atoms with Gasteiger partial charge in [0.2, 0.25) is 5.91 Å². The molecule has 0 fully saturated rings. The lowest BCUT2D eigenvalue weighted by Crippen LogP contribution is -2.44. The van der Waals surface area contributed by atoms with E-state index in [9.17, 15) is 9.59 Å². The van der Waals surface area contributed by atoms with Crippen LogP contribution in [0.4, 0.5) is 0 Å². The number of carbonyl (C=O) groups is 2. The van der Waals surface area contributed by atoms with Crippen molar-refractivity contribution in [2.45, 2.75) is 51.1 Å².